The van der Waals surface area contributed by atoms with Gasteiger partial charge in [0, 0.05) is 0 Å². The molecule has 130 valence electrons. The summed E-state index contributed by atoms with van der Waals surface area (Å²) in [5, 5.41) is 0. The summed E-state index contributed by atoms with van der Waals surface area (Å²) in [6.45, 7) is 18.1. The molecule has 0 heterocycles. The lowest BCUT2D eigenvalue weighted by atomic mass is 9.74. The van der Waals surface area contributed by atoms with Gasteiger partial charge in [-0.05, 0) is 61.7 Å². The summed E-state index contributed by atoms with van der Waals surface area (Å²) in [6.07, 6.45) is 17.3. The largest absolute Gasteiger partial charge is 0.103 e. The fraction of sp³-hybridized carbons (Fsp3) is 0.818. The normalized spacial score (nSPS) is 16.4. The molecule has 0 heteroatoms. The molecule has 2 atom stereocenters. The monoisotopic (exact) mass is 306 g/mol. The highest BCUT2D eigenvalue weighted by Gasteiger charge is 2.24. The van der Waals surface area contributed by atoms with Crippen LogP contribution in [0.3, 0.4) is 0 Å². The zero-order valence-electron chi connectivity index (χ0n) is 16.3. The van der Waals surface area contributed by atoms with Gasteiger partial charge in [-0.2, -0.15) is 0 Å². The van der Waals surface area contributed by atoms with Crippen LogP contribution in [0.5, 0.6) is 0 Å². The molecule has 22 heavy (non-hydrogen) atoms. The lowest BCUT2D eigenvalue weighted by Crippen LogP contribution is -2.19. The van der Waals surface area contributed by atoms with E-state index in [-0.39, 0.29) is 0 Å². The Bertz CT molecular complexity index is 297. The molecule has 0 amide bonds. The van der Waals surface area contributed by atoms with Crippen LogP contribution in [0.1, 0.15) is 92.9 Å². The highest BCUT2D eigenvalue weighted by Crippen LogP contribution is 2.37. The van der Waals surface area contributed by atoms with Gasteiger partial charge in [0.05, 0.1) is 0 Å². The van der Waals surface area contributed by atoms with Crippen LogP contribution in [0.15, 0.2) is 24.8 Å². The van der Waals surface area contributed by atoms with Crippen molar-refractivity contribution < 1.29 is 0 Å². The van der Waals surface area contributed by atoms with Gasteiger partial charge in [0.1, 0.15) is 0 Å². The Kier molecular flexibility index (Phi) is 11.7. The highest BCUT2D eigenvalue weighted by molar-refractivity contribution is 4.87. The number of allylic oxidation sites excluding steroid dienone is 3. The summed E-state index contributed by atoms with van der Waals surface area (Å²) >= 11 is 0. The van der Waals surface area contributed by atoms with Crippen molar-refractivity contribution in [3.8, 4) is 0 Å². The van der Waals surface area contributed by atoms with E-state index in [0.29, 0.717) is 5.41 Å². The van der Waals surface area contributed by atoms with Crippen molar-refractivity contribution in [2.75, 3.05) is 0 Å². The van der Waals surface area contributed by atoms with Gasteiger partial charge in [-0.1, -0.05) is 72.6 Å². The Hall–Kier alpha value is -0.520. The van der Waals surface area contributed by atoms with Crippen molar-refractivity contribution in [2.24, 2.45) is 23.2 Å². The first kappa shape index (κ1) is 21.5. The predicted molar refractivity (Wildman–Crippen MR) is 103 cm³/mol. The molecule has 0 aliphatic heterocycles. The van der Waals surface area contributed by atoms with E-state index in [1.54, 1.807) is 0 Å². The molecule has 0 bridgehead atoms. The second-order valence-electron chi connectivity index (χ2n) is 8.58. The molecule has 0 fully saturated rings. The molecule has 0 aliphatic rings. The maximum absolute atomic E-state index is 3.99. The maximum Gasteiger partial charge on any atom is -0.0289 e. The van der Waals surface area contributed by atoms with Crippen molar-refractivity contribution >= 4 is 0 Å². The molecule has 0 aliphatic carbocycles. The molecule has 0 saturated carbocycles. The van der Waals surface area contributed by atoms with Crippen molar-refractivity contribution in [3.63, 3.8) is 0 Å². The van der Waals surface area contributed by atoms with Crippen LogP contribution in [-0.2, 0) is 0 Å². The van der Waals surface area contributed by atoms with Crippen molar-refractivity contribution in [3.05, 3.63) is 24.8 Å². The van der Waals surface area contributed by atoms with E-state index in [0.717, 1.165) is 17.8 Å². The lowest BCUT2D eigenvalue weighted by molar-refractivity contribution is 0.215. The van der Waals surface area contributed by atoms with E-state index in [4.69, 9.17) is 0 Å². The first-order chi connectivity index (χ1) is 10.3. The smallest absolute Gasteiger partial charge is 0.0289 e. The van der Waals surface area contributed by atoms with E-state index in [2.05, 4.69) is 66.3 Å². The summed E-state index contributed by atoms with van der Waals surface area (Å²) in [5.74, 6) is 2.43. The average molecular weight is 307 g/mol. The van der Waals surface area contributed by atoms with Crippen LogP contribution in [0.4, 0.5) is 0 Å². The van der Waals surface area contributed by atoms with Gasteiger partial charge in [-0.15, -0.1) is 6.58 Å². The van der Waals surface area contributed by atoms with Gasteiger partial charge >= 0.3 is 0 Å². The summed E-state index contributed by atoms with van der Waals surface area (Å²) in [7, 11) is 0. The van der Waals surface area contributed by atoms with Crippen molar-refractivity contribution in [1.29, 1.82) is 0 Å². The topological polar surface area (TPSA) is 0 Å². The lowest BCUT2D eigenvalue weighted by Gasteiger charge is -2.32. The number of hydrogen-bond donors (Lipinski definition) is 0. The Morgan fingerprint density at radius 1 is 0.955 bits per heavy atom. The second-order valence-corrected chi connectivity index (χ2v) is 8.58. The molecule has 0 rings (SSSR count). The van der Waals surface area contributed by atoms with Crippen LogP contribution in [-0.4, -0.2) is 0 Å². The van der Waals surface area contributed by atoms with E-state index in [1.807, 2.05) is 0 Å². The van der Waals surface area contributed by atoms with Gasteiger partial charge in [-0.3, -0.25) is 0 Å². The average Bonchev–Trinajstić information content (AvgIpc) is 2.37. The second kappa shape index (κ2) is 12.0. The molecule has 0 aromatic carbocycles. The predicted octanol–water partition coefficient (Wildman–Crippen LogP) is 7.80. The van der Waals surface area contributed by atoms with Gasteiger partial charge < -0.3 is 0 Å². The minimum absolute atomic E-state index is 0.456. The van der Waals surface area contributed by atoms with Crippen LogP contribution >= 0.6 is 0 Å². The molecule has 0 aromatic rings. The fourth-order valence-electron chi connectivity index (χ4n) is 3.38. The zero-order chi connectivity index (χ0) is 17.0. The standard InChI is InChI=1S/C22H42/c1-8-16-22(7,17-12-14-20(4)5)18-21(6)15-11-9-10-13-19(2)3/h8-10,19-21H,1,11-18H2,2-7H3. The summed E-state index contributed by atoms with van der Waals surface area (Å²) < 4.78 is 0. The molecule has 0 aromatic heterocycles. The molecular formula is C22H42. The van der Waals surface area contributed by atoms with Gasteiger partial charge in [0.15, 0.2) is 0 Å². The summed E-state index contributed by atoms with van der Waals surface area (Å²) in [6, 6.07) is 0. The Labute approximate surface area is 141 Å². The zero-order valence-corrected chi connectivity index (χ0v) is 16.3. The third-order valence-corrected chi connectivity index (χ3v) is 4.64. The molecule has 0 saturated heterocycles. The molecule has 0 N–H and O–H groups in total. The minimum Gasteiger partial charge on any atom is -0.103 e. The van der Waals surface area contributed by atoms with E-state index >= 15 is 0 Å². The van der Waals surface area contributed by atoms with Gasteiger partial charge in [-0.25, -0.2) is 0 Å². The summed E-state index contributed by atoms with van der Waals surface area (Å²) in [5.41, 5.74) is 0.456. The first-order valence-corrected chi connectivity index (χ1v) is 9.55. The molecule has 0 radical (unpaired) electrons. The Morgan fingerprint density at radius 2 is 1.64 bits per heavy atom. The maximum atomic E-state index is 3.99. The molecular weight excluding hydrogens is 264 g/mol. The Morgan fingerprint density at radius 3 is 2.18 bits per heavy atom. The third kappa shape index (κ3) is 12.1. The molecule has 0 spiro atoms. The van der Waals surface area contributed by atoms with E-state index < -0.39 is 0 Å². The minimum atomic E-state index is 0.456. The summed E-state index contributed by atoms with van der Waals surface area (Å²) in [4.78, 5) is 0. The molecule has 2 unspecified atom stereocenters. The highest BCUT2D eigenvalue weighted by atomic mass is 14.3. The third-order valence-electron chi connectivity index (χ3n) is 4.64. The van der Waals surface area contributed by atoms with Gasteiger partial charge in [0.2, 0.25) is 0 Å². The SMILES string of the molecule is C=CCC(C)(CCCC(C)C)CC(C)CCC=CCC(C)C. The van der Waals surface area contributed by atoms with Crippen LogP contribution in [0.25, 0.3) is 0 Å². The molecule has 0 nitrogen and oxygen atoms in total. The van der Waals surface area contributed by atoms with Crippen LogP contribution in [0.2, 0.25) is 0 Å². The number of rotatable bonds is 13. The first-order valence-electron chi connectivity index (χ1n) is 9.55. The fourth-order valence-corrected chi connectivity index (χ4v) is 3.38. The Balaban J connectivity index is 4.17. The van der Waals surface area contributed by atoms with E-state index in [1.165, 1.54) is 51.4 Å². The van der Waals surface area contributed by atoms with Crippen molar-refractivity contribution in [1.82, 2.24) is 0 Å². The van der Waals surface area contributed by atoms with Gasteiger partial charge in [0.25, 0.3) is 0 Å². The van der Waals surface area contributed by atoms with Crippen molar-refractivity contribution in [2.45, 2.75) is 92.9 Å². The van der Waals surface area contributed by atoms with Crippen LogP contribution < -0.4 is 0 Å². The van der Waals surface area contributed by atoms with Crippen LogP contribution in [0, 0.1) is 23.2 Å². The van der Waals surface area contributed by atoms with E-state index in [9.17, 15) is 0 Å². The number of hydrogen-bond acceptors (Lipinski definition) is 0. The quantitative estimate of drug-likeness (QED) is 0.304.